The molecule has 4 rings (SSSR count). The third-order valence-electron chi connectivity index (χ3n) is 4.80. The van der Waals surface area contributed by atoms with Gasteiger partial charge in [0.05, 0.1) is 24.1 Å². The number of carbonyl (C=O) groups excluding carboxylic acids is 2. The normalized spacial score (nSPS) is 17.5. The average Bonchev–Trinajstić information content (AvgIpc) is 3.03. The van der Waals surface area contributed by atoms with Crippen molar-refractivity contribution < 1.29 is 9.59 Å². The van der Waals surface area contributed by atoms with E-state index in [1.807, 2.05) is 24.3 Å². The summed E-state index contributed by atoms with van der Waals surface area (Å²) in [6, 6.07) is 7.30. The predicted molar refractivity (Wildman–Crippen MR) is 91.2 cm³/mol. The van der Waals surface area contributed by atoms with Crippen molar-refractivity contribution in [1.29, 1.82) is 0 Å². The number of hydrogen-bond donors (Lipinski definition) is 2. The van der Waals surface area contributed by atoms with E-state index in [1.165, 1.54) is 0 Å². The second-order valence-electron chi connectivity index (χ2n) is 6.56. The van der Waals surface area contributed by atoms with E-state index < -0.39 is 0 Å². The van der Waals surface area contributed by atoms with Crippen molar-refractivity contribution in [3.05, 3.63) is 36.7 Å². The quantitative estimate of drug-likeness (QED) is 0.880. The highest BCUT2D eigenvalue weighted by Gasteiger charge is 2.34. The lowest BCUT2D eigenvalue weighted by Gasteiger charge is -2.40. The standard InChI is InChI=1S/C17H20N6O2/c24-16(12-2-1-3-12)19-14-10-22(11-14)17(25)20-13-4-6-15(7-5-13)23-9-8-18-21-23/h4-9,12,14H,1-3,10-11H2,(H,19,24)(H,20,25). The third-order valence-corrected chi connectivity index (χ3v) is 4.80. The van der Waals surface area contributed by atoms with E-state index >= 15 is 0 Å². The maximum Gasteiger partial charge on any atom is 0.321 e. The second kappa shape index (κ2) is 6.54. The van der Waals surface area contributed by atoms with Crippen LogP contribution in [0.3, 0.4) is 0 Å². The summed E-state index contributed by atoms with van der Waals surface area (Å²) < 4.78 is 1.65. The van der Waals surface area contributed by atoms with Gasteiger partial charge in [0, 0.05) is 24.7 Å². The number of aromatic nitrogens is 3. The van der Waals surface area contributed by atoms with Crippen LogP contribution in [0.5, 0.6) is 0 Å². The van der Waals surface area contributed by atoms with Gasteiger partial charge in [-0.1, -0.05) is 11.6 Å². The number of hydrogen-bond acceptors (Lipinski definition) is 4. The number of rotatable bonds is 4. The molecule has 8 nitrogen and oxygen atoms in total. The molecular weight excluding hydrogens is 320 g/mol. The molecule has 3 amide bonds. The van der Waals surface area contributed by atoms with Gasteiger partial charge in [-0.3, -0.25) is 4.79 Å². The molecule has 2 heterocycles. The van der Waals surface area contributed by atoms with Crippen LogP contribution in [0.15, 0.2) is 36.7 Å². The molecule has 0 spiro atoms. The fourth-order valence-corrected chi connectivity index (χ4v) is 2.97. The lowest BCUT2D eigenvalue weighted by molar-refractivity contribution is -0.129. The first-order valence-corrected chi connectivity index (χ1v) is 8.52. The minimum absolute atomic E-state index is 0.0774. The first-order valence-electron chi connectivity index (χ1n) is 8.52. The van der Waals surface area contributed by atoms with Crippen molar-refractivity contribution in [2.45, 2.75) is 25.3 Å². The highest BCUT2D eigenvalue weighted by Crippen LogP contribution is 2.26. The Morgan fingerprint density at radius 1 is 1.12 bits per heavy atom. The molecule has 1 aromatic carbocycles. The summed E-state index contributed by atoms with van der Waals surface area (Å²) >= 11 is 0. The fraction of sp³-hybridized carbons (Fsp3) is 0.412. The van der Waals surface area contributed by atoms with Crippen molar-refractivity contribution in [2.75, 3.05) is 18.4 Å². The molecule has 25 heavy (non-hydrogen) atoms. The zero-order valence-corrected chi connectivity index (χ0v) is 13.8. The van der Waals surface area contributed by atoms with Crippen molar-refractivity contribution in [3.63, 3.8) is 0 Å². The molecule has 0 radical (unpaired) electrons. The number of amides is 3. The van der Waals surface area contributed by atoms with Crippen LogP contribution in [-0.2, 0) is 4.79 Å². The van der Waals surface area contributed by atoms with E-state index in [0.717, 1.165) is 30.6 Å². The van der Waals surface area contributed by atoms with E-state index in [-0.39, 0.29) is 23.9 Å². The lowest BCUT2D eigenvalue weighted by Crippen LogP contribution is -2.62. The van der Waals surface area contributed by atoms with Crippen LogP contribution in [0.2, 0.25) is 0 Å². The summed E-state index contributed by atoms with van der Waals surface area (Å²) in [6.07, 6.45) is 6.50. The Morgan fingerprint density at radius 2 is 1.88 bits per heavy atom. The molecule has 0 bridgehead atoms. The zero-order chi connectivity index (χ0) is 17.2. The molecule has 1 saturated carbocycles. The SMILES string of the molecule is O=C(NC1CN(C(=O)Nc2ccc(-n3ccnn3)cc2)C1)C1CCC1. The van der Waals surface area contributed by atoms with Gasteiger partial charge in [-0.15, -0.1) is 5.10 Å². The maximum atomic E-state index is 12.2. The number of nitrogens with one attached hydrogen (secondary N) is 2. The van der Waals surface area contributed by atoms with Crippen LogP contribution in [-0.4, -0.2) is 51.0 Å². The lowest BCUT2D eigenvalue weighted by atomic mass is 9.84. The number of anilines is 1. The van der Waals surface area contributed by atoms with E-state index in [0.29, 0.717) is 13.1 Å². The number of nitrogens with zero attached hydrogens (tertiary/aromatic N) is 4. The predicted octanol–water partition coefficient (Wildman–Crippen LogP) is 1.40. The molecule has 1 aliphatic carbocycles. The Labute approximate surface area is 145 Å². The first kappa shape index (κ1) is 15.6. The van der Waals surface area contributed by atoms with Gasteiger partial charge in [-0.25, -0.2) is 9.48 Å². The highest BCUT2D eigenvalue weighted by molar-refractivity contribution is 5.90. The third kappa shape index (κ3) is 3.33. The van der Waals surface area contributed by atoms with Gasteiger partial charge in [-0.05, 0) is 37.1 Å². The van der Waals surface area contributed by atoms with Gasteiger partial charge in [0.25, 0.3) is 0 Å². The van der Waals surface area contributed by atoms with E-state index in [2.05, 4.69) is 20.9 Å². The number of carbonyl (C=O) groups is 2. The molecule has 1 saturated heterocycles. The average molecular weight is 340 g/mol. The van der Waals surface area contributed by atoms with Gasteiger partial charge >= 0.3 is 6.03 Å². The summed E-state index contributed by atoms with van der Waals surface area (Å²) in [7, 11) is 0. The summed E-state index contributed by atoms with van der Waals surface area (Å²) in [4.78, 5) is 25.8. The highest BCUT2D eigenvalue weighted by atomic mass is 16.2. The Hall–Kier alpha value is -2.90. The van der Waals surface area contributed by atoms with Crippen LogP contribution in [0.1, 0.15) is 19.3 Å². The molecule has 2 fully saturated rings. The van der Waals surface area contributed by atoms with Gasteiger partial charge in [0.15, 0.2) is 0 Å². The van der Waals surface area contributed by atoms with Crippen LogP contribution in [0.25, 0.3) is 5.69 Å². The van der Waals surface area contributed by atoms with Gasteiger partial charge < -0.3 is 15.5 Å². The second-order valence-corrected chi connectivity index (χ2v) is 6.56. The monoisotopic (exact) mass is 340 g/mol. The summed E-state index contributed by atoms with van der Waals surface area (Å²) in [5, 5.41) is 13.6. The van der Waals surface area contributed by atoms with E-state index in [4.69, 9.17) is 0 Å². The smallest absolute Gasteiger partial charge is 0.321 e. The molecule has 0 unspecified atom stereocenters. The summed E-state index contributed by atoms with van der Waals surface area (Å²) in [5.74, 6) is 0.325. The fourth-order valence-electron chi connectivity index (χ4n) is 2.97. The van der Waals surface area contributed by atoms with Crippen molar-refractivity contribution in [3.8, 4) is 5.69 Å². The Balaban J connectivity index is 1.25. The molecule has 2 aliphatic rings. The van der Waals surface area contributed by atoms with Crippen LogP contribution < -0.4 is 10.6 Å². The minimum atomic E-state index is -0.150. The van der Waals surface area contributed by atoms with Crippen LogP contribution in [0, 0.1) is 5.92 Å². The molecule has 1 aliphatic heterocycles. The molecule has 8 heteroatoms. The number of likely N-dealkylation sites (tertiary alicyclic amines) is 1. The van der Waals surface area contributed by atoms with E-state index in [1.54, 1.807) is 22.0 Å². The zero-order valence-electron chi connectivity index (χ0n) is 13.8. The maximum absolute atomic E-state index is 12.2. The topological polar surface area (TPSA) is 92.2 Å². The van der Waals surface area contributed by atoms with Gasteiger partial charge in [0.1, 0.15) is 0 Å². The van der Waals surface area contributed by atoms with Crippen molar-refractivity contribution in [2.24, 2.45) is 5.92 Å². The summed E-state index contributed by atoms with van der Waals surface area (Å²) in [5.41, 5.74) is 1.59. The Kier molecular flexibility index (Phi) is 4.09. The molecule has 2 aromatic rings. The Bertz CT molecular complexity index is 748. The molecule has 130 valence electrons. The molecule has 2 N–H and O–H groups in total. The van der Waals surface area contributed by atoms with Gasteiger partial charge in [-0.2, -0.15) is 0 Å². The van der Waals surface area contributed by atoms with Crippen molar-refractivity contribution in [1.82, 2.24) is 25.2 Å². The molecular formula is C17H20N6O2. The van der Waals surface area contributed by atoms with Crippen LogP contribution in [0.4, 0.5) is 10.5 Å². The largest absolute Gasteiger partial charge is 0.350 e. The Morgan fingerprint density at radius 3 is 2.48 bits per heavy atom. The first-order chi connectivity index (χ1) is 12.2. The minimum Gasteiger partial charge on any atom is -0.350 e. The van der Waals surface area contributed by atoms with E-state index in [9.17, 15) is 9.59 Å². The molecule has 0 atom stereocenters. The van der Waals surface area contributed by atoms with Crippen LogP contribution >= 0.6 is 0 Å². The van der Waals surface area contributed by atoms with Crippen molar-refractivity contribution >= 4 is 17.6 Å². The number of urea groups is 1. The number of benzene rings is 1. The molecule has 1 aromatic heterocycles. The summed E-state index contributed by atoms with van der Waals surface area (Å²) in [6.45, 7) is 1.11. The van der Waals surface area contributed by atoms with Gasteiger partial charge in [0.2, 0.25) is 5.91 Å².